The number of aryl methyl sites for hydroxylation is 1. The van der Waals surface area contributed by atoms with E-state index in [9.17, 15) is 9.18 Å². The maximum atomic E-state index is 13.5. The molecule has 6 heteroatoms. The number of nitrogens with one attached hydrogen (secondary N) is 1. The first-order valence-corrected chi connectivity index (χ1v) is 9.04. The van der Waals surface area contributed by atoms with Gasteiger partial charge in [0.2, 0.25) is 0 Å². The molecule has 0 aliphatic heterocycles. The molecule has 0 saturated carbocycles. The Hall–Kier alpha value is -2.99. The summed E-state index contributed by atoms with van der Waals surface area (Å²) in [5.74, 6) is -0.00839. The van der Waals surface area contributed by atoms with E-state index in [-0.39, 0.29) is 11.7 Å². The third kappa shape index (κ3) is 3.23. The molecule has 0 unspecified atom stereocenters. The lowest BCUT2D eigenvalue weighted by Crippen LogP contribution is -2.18. The quantitative estimate of drug-likeness (QED) is 0.562. The highest BCUT2D eigenvalue weighted by molar-refractivity contribution is 7.17. The third-order valence-electron chi connectivity index (χ3n) is 4.12. The van der Waals surface area contributed by atoms with Crippen molar-refractivity contribution >= 4 is 33.3 Å². The molecule has 4 aromatic rings. The number of carbonyl (C=O) groups is 1. The van der Waals surface area contributed by atoms with E-state index >= 15 is 0 Å². The minimum atomic E-state index is -0.286. The third-order valence-corrected chi connectivity index (χ3v) is 4.97. The molecule has 26 heavy (non-hydrogen) atoms. The van der Waals surface area contributed by atoms with Gasteiger partial charge in [-0.1, -0.05) is 18.2 Å². The fourth-order valence-electron chi connectivity index (χ4n) is 2.95. The van der Waals surface area contributed by atoms with Crippen LogP contribution in [0.5, 0.6) is 0 Å². The van der Waals surface area contributed by atoms with Gasteiger partial charge in [-0.2, -0.15) is 0 Å². The molecule has 0 fully saturated rings. The second-order valence-corrected chi connectivity index (χ2v) is 6.98. The topological polar surface area (TPSA) is 46.9 Å². The van der Waals surface area contributed by atoms with Gasteiger partial charge < -0.3 is 9.88 Å². The van der Waals surface area contributed by atoms with Crippen LogP contribution in [0.3, 0.4) is 0 Å². The fraction of sp³-hybridized carbons (Fsp3) is 0.100. The van der Waals surface area contributed by atoms with Crippen molar-refractivity contribution in [3.8, 4) is 0 Å². The highest BCUT2D eigenvalue weighted by Gasteiger charge is 2.17. The number of fused-ring (bicyclic) bond motifs is 1. The van der Waals surface area contributed by atoms with Crippen molar-refractivity contribution in [1.82, 2.24) is 9.55 Å². The number of aromatic nitrogens is 2. The standard InChI is InChI=1S/C20H16FN3OS/c1-13-4-2-7-19(22-13)23-20(25)17-11-18-16(8-9-26-18)24(17)12-14-5-3-6-15(21)10-14/h2-11H,12H2,1H3,(H,22,23,25). The summed E-state index contributed by atoms with van der Waals surface area (Å²) in [6.45, 7) is 2.29. The maximum Gasteiger partial charge on any atom is 0.273 e. The lowest BCUT2D eigenvalue weighted by atomic mass is 10.2. The van der Waals surface area contributed by atoms with Crippen LogP contribution < -0.4 is 5.32 Å². The number of hydrogen-bond acceptors (Lipinski definition) is 3. The first-order valence-electron chi connectivity index (χ1n) is 8.16. The first-order chi connectivity index (χ1) is 12.6. The van der Waals surface area contributed by atoms with Crippen LogP contribution in [0.1, 0.15) is 21.7 Å². The van der Waals surface area contributed by atoms with Crippen molar-refractivity contribution in [1.29, 1.82) is 0 Å². The normalized spacial score (nSPS) is 11.0. The number of amides is 1. The van der Waals surface area contributed by atoms with Crippen molar-refractivity contribution in [2.45, 2.75) is 13.5 Å². The smallest absolute Gasteiger partial charge is 0.273 e. The van der Waals surface area contributed by atoms with E-state index < -0.39 is 0 Å². The van der Waals surface area contributed by atoms with E-state index in [0.717, 1.165) is 21.5 Å². The van der Waals surface area contributed by atoms with Crippen LogP contribution in [-0.2, 0) is 6.54 Å². The van der Waals surface area contributed by atoms with E-state index in [0.29, 0.717) is 18.1 Å². The summed E-state index contributed by atoms with van der Waals surface area (Å²) in [5.41, 5.74) is 3.12. The van der Waals surface area contributed by atoms with Crippen LogP contribution in [0, 0.1) is 12.7 Å². The van der Waals surface area contributed by atoms with Crippen molar-refractivity contribution < 1.29 is 9.18 Å². The fourth-order valence-corrected chi connectivity index (χ4v) is 3.77. The molecule has 0 aliphatic rings. The molecular weight excluding hydrogens is 349 g/mol. The van der Waals surface area contributed by atoms with Gasteiger partial charge in [-0.15, -0.1) is 11.3 Å². The Balaban J connectivity index is 1.70. The van der Waals surface area contributed by atoms with Crippen LogP contribution in [0.25, 0.3) is 10.2 Å². The zero-order valence-electron chi connectivity index (χ0n) is 14.1. The number of thiophene rings is 1. The van der Waals surface area contributed by atoms with Gasteiger partial charge in [0, 0.05) is 12.2 Å². The van der Waals surface area contributed by atoms with Gasteiger partial charge in [-0.3, -0.25) is 4.79 Å². The summed E-state index contributed by atoms with van der Waals surface area (Å²) in [4.78, 5) is 17.1. The monoisotopic (exact) mass is 365 g/mol. The van der Waals surface area contributed by atoms with Gasteiger partial charge >= 0.3 is 0 Å². The van der Waals surface area contributed by atoms with Crippen LogP contribution >= 0.6 is 11.3 Å². The maximum absolute atomic E-state index is 13.5. The predicted molar refractivity (Wildman–Crippen MR) is 102 cm³/mol. The molecule has 0 bridgehead atoms. The summed E-state index contributed by atoms with van der Waals surface area (Å²) in [6, 6.07) is 15.7. The number of rotatable bonds is 4. The lowest BCUT2D eigenvalue weighted by Gasteiger charge is -2.11. The average molecular weight is 365 g/mol. The number of benzene rings is 1. The highest BCUT2D eigenvalue weighted by Crippen LogP contribution is 2.27. The Labute approximate surface area is 153 Å². The second-order valence-electron chi connectivity index (χ2n) is 6.03. The molecule has 130 valence electrons. The Kier molecular flexibility index (Phi) is 4.26. The number of anilines is 1. The van der Waals surface area contributed by atoms with E-state index in [2.05, 4.69) is 10.3 Å². The molecular formula is C20H16FN3OS. The highest BCUT2D eigenvalue weighted by atomic mass is 32.1. The number of pyridine rings is 1. The van der Waals surface area contributed by atoms with Gasteiger partial charge in [0.05, 0.1) is 10.2 Å². The van der Waals surface area contributed by atoms with Crippen molar-refractivity contribution in [2.24, 2.45) is 0 Å². The zero-order valence-corrected chi connectivity index (χ0v) is 14.9. The molecule has 0 aliphatic carbocycles. The molecule has 1 amide bonds. The van der Waals surface area contributed by atoms with Gasteiger partial charge in [0.25, 0.3) is 5.91 Å². The first kappa shape index (κ1) is 16.5. The lowest BCUT2D eigenvalue weighted by molar-refractivity contribution is 0.101. The van der Waals surface area contributed by atoms with Crippen LogP contribution in [-0.4, -0.2) is 15.5 Å². The molecule has 0 saturated heterocycles. The van der Waals surface area contributed by atoms with Crippen LogP contribution in [0.4, 0.5) is 10.2 Å². The molecule has 1 aromatic carbocycles. The van der Waals surface area contributed by atoms with Crippen molar-refractivity contribution in [3.63, 3.8) is 0 Å². The molecule has 0 spiro atoms. The summed E-state index contributed by atoms with van der Waals surface area (Å²) in [7, 11) is 0. The summed E-state index contributed by atoms with van der Waals surface area (Å²) in [6.07, 6.45) is 0. The van der Waals surface area contributed by atoms with E-state index in [1.807, 2.05) is 47.2 Å². The van der Waals surface area contributed by atoms with E-state index in [1.165, 1.54) is 12.1 Å². The Morgan fingerprint density at radius 2 is 2.04 bits per heavy atom. The van der Waals surface area contributed by atoms with Crippen molar-refractivity contribution in [2.75, 3.05) is 5.32 Å². The van der Waals surface area contributed by atoms with E-state index in [1.54, 1.807) is 23.5 Å². The molecule has 4 rings (SSSR count). The van der Waals surface area contributed by atoms with Gasteiger partial charge in [-0.25, -0.2) is 9.37 Å². The molecule has 1 N–H and O–H groups in total. The predicted octanol–water partition coefficient (Wildman–Crippen LogP) is 4.85. The minimum Gasteiger partial charge on any atom is -0.331 e. The summed E-state index contributed by atoms with van der Waals surface area (Å²) < 4.78 is 16.5. The molecule has 4 nitrogen and oxygen atoms in total. The van der Waals surface area contributed by atoms with Crippen molar-refractivity contribution in [3.05, 3.63) is 82.7 Å². The number of nitrogens with zero attached hydrogens (tertiary/aromatic N) is 2. The SMILES string of the molecule is Cc1cccc(NC(=O)c2cc3sccc3n2Cc2cccc(F)c2)n1. The number of hydrogen-bond donors (Lipinski definition) is 1. The van der Waals surface area contributed by atoms with E-state index in [4.69, 9.17) is 0 Å². The molecule has 3 aromatic heterocycles. The number of halogens is 1. The largest absolute Gasteiger partial charge is 0.331 e. The van der Waals surface area contributed by atoms with Crippen LogP contribution in [0.15, 0.2) is 60.0 Å². The second kappa shape index (κ2) is 6.72. The number of carbonyl (C=O) groups excluding carboxylic acids is 1. The molecule has 0 atom stereocenters. The molecule has 3 heterocycles. The zero-order chi connectivity index (χ0) is 18.1. The average Bonchev–Trinajstić information content (AvgIpc) is 3.18. The van der Waals surface area contributed by atoms with Gasteiger partial charge in [-0.05, 0) is 54.3 Å². The van der Waals surface area contributed by atoms with Gasteiger partial charge in [0.15, 0.2) is 0 Å². The van der Waals surface area contributed by atoms with Gasteiger partial charge in [0.1, 0.15) is 17.3 Å². The van der Waals surface area contributed by atoms with Crippen LogP contribution in [0.2, 0.25) is 0 Å². The Bertz CT molecular complexity index is 1100. The summed E-state index contributed by atoms with van der Waals surface area (Å²) in [5, 5.41) is 4.83. The summed E-state index contributed by atoms with van der Waals surface area (Å²) >= 11 is 1.57. The minimum absolute atomic E-state index is 0.233. The Morgan fingerprint density at radius 1 is 1.19 bits per heavy atom. The Morgan fingerprint density at radius 3 is 2.85 bits per heavy atom. The molecule has 0 radical (unpaired) electrons.